The second kappa shape index (κ2) is 32.5. The van der Waals surface area contributed by atoms with Crippen LogP contribution in [0, 0.1) is 3.57 Å². The molecule has 4 aromatic carbocycles. The lowest BCUT2D eigenvalue weighted by Crippen LogP contribution is -2.40. The van der Waals surface area contributed by atoms with E-state index in [1.807, 2.05) is 24.3 Å². The van der Waals surface area contributed by atoms with Crippen LogP contribution in [0.3, 0.4) is 0 Å². The molecule has 96 heavy (non-hydrogen) atoms. The van der Waals surface area contributed by atoms with Gasteiger partial charge in [-0.2, -0.15) is 26.3 Å². The predicted octanol–water partition coefficient (Wildman–Crippen LogP) is 15.5. The molecular formula is C69H79F6IN4O16. The van der Waals surface area contributed by atoms with Gasteiger partial charge in [0.15, 0.2) is 0 Å². The fourth-order valence-electron chi connectivity index (χ4n) is 13.4. The molecule has 0 spiro atoms. The number of carboxylic acids is 1. The summed E-state index contributed by atoms with van der Waals surface area (Å²) in [5.41, 5.74) is 1.35. The van der Waals surface area contributed by atoms with Gasteiger partial charge in [0.25, 0.3) is 0 Å². The number of benzene rings is 4. The molecule has 0 atom stereocenters. The highest BCUT2D eigenvalue weighted by Crippen LogP contribution is 2.47. The van der Waals surface area contributed by atoms with Crippen LogP contribution in [-0.4, -0.2) is 154 Å². The number of ether oxygens (including phenoxy) is 7. The molecule has 0 aliphatic carbocycles. The summed E-state index contributed by atoms with van der Waals surface area (Å²) in [6.45, 7) is 15.3. The highest BCUT2D eigenvalue weighted by molar-refractivity contribution is 14.1. The minimum atomic E-state index is -4.80. The third-order valence-corrected chi connectivity index (χ3v) is 18.9. The monoisotopic (exact) mass is 1460 g/mol. The van der Waals surface area contributed by atoms with Gasteiger partial charge >= 0.3 is 36.2 Å². The number of halogens is 7. The van der Waals surface area contributed by atoms with Crippen LogP contribution in [0.5, 0.6) is 0 Å². The maximum atomic E-state index is 14.0. The molecule has 0 radical (unpaired) electrons. The Morgan fingerprint density at radius 2 is 0.760 bits per heavy atom. The van der Waals surface area contributed by atoms with E-state index >= 15 is 0 Å². The van der Waals surface area contributed by atoms with E-state index in [2.05, 4.69) is 51.0 Å². The average molecular weight is 1460 g/mol. The molecule has 0 unspecified atom stereocenters. The Labute approximate surface area is 564 Å². The molecular weight excluding hydrogens is 1380 g/mol. The Bertz CT molecular complexity index is 3950. The van der Waals surface area contributed by atoms with Gasteiger partial charge in [0.05, 0.1) is 100 Å². The average Bonchev–Trinajstić information content (AvgIpc) is 1.29. The minimum absolute atomic E-state index is 0.0494. The smallest absolute Gasteiger partial charge is 0.419 e. The number of carbonyl (C=O) groups excluding carboxylic acids is 3. The van der Waals surface area contributed by atoms with E-state index in [1.54, 1.807) is 42.2 Å². The third kappa shape index (κ3) is 16.0. The lowest BCUT2D eigenvalue weighted by molar-refractivity contribution is -0.138. The molecule has 0 bridgehead atoms. The Morgan fingerprint density at radius 1 is 0.448 bits per heavy atom. The van der Waals surface area contributed by atoms with Gasteiger partial charge in [0.1, 0.15) is 22.3 Å². The largest absolute Gasteiger partial charge is 0.478 e. The van der Waals surface area contributed by atoms with Crippen LogP contribution in [0.4, 0.5) is 49.1 Å². The van der Waals surface area contributed by atoms with Gasteiger partial charge in [-0.1, -0.05) is 0 Å². The van der Waals surface area contributed by atoms with Crippen LogP contribution in [0.2, 0.25) is 0 Å². The number of nitrogens with zero attached hydrogens (tertiary/aromatic N) is 4. The highest BCUT2D eigenvalue weighted by atomic mass is 127. The van der Waals surface area contributed by atoms with Crippen LogP contribution in [-0.2, 0) is 45.5 Å². The number of anilines is 4. The second-order valence-electron chi connectivity index (χ2n) is 23.0. The number of esters is 3. The van der Waals surface area contributed by atoms with Crippen molar-refractivity contribution < 1.29 is 101 Å². The van der Waals surface area contributed by atoms with Crippen molar-refractivity contribution in [3.05, 3.63) is 117 Å². The van der Waals surface area contributed by atoms with Crippen molar-refractivity contribution in [1.29, 1.82) is 0 Å². The van der Waals surface area contributed by atoms with Gasteiger partial charge < -0.3 is 75.5 Å². The van der Waals surface area contributed by atoms with Gasteiger partial charge in [-0.15, -0.1) is 0 Å². The Morgan fingerprint density at radius 3 is 1.12 bits per heavy atom. The molecule has 0 saturated carbocycles. The van der Waals surface area contributed by atoms with Gasteiger partial charge in [0, 0.05) is 155 Å². The van der Waals surface area contributed by atoms with Gasteiger partial charge in [-0.05, 0) is 132 Å². The Balaban J connectivity index is 0.000000150. The van der Waals surface area contributed by atoms with Crippen molar-refractivity contribution in [3.63, 3.8) is 0 Å². The fourth-order valence-corrected chi connectivity index (χ4v) is 14.3. The van der Waals surface area contributed by atoms with Gasteiger partial charge in [0.2, 0.25) is 0 Å². The first-order valence-electron chi connectivity index (χ1n) is 31.9. The topological polar surface area (TPSA) is 219 Å². The Hall–Kier alpha value is -7.73. The summed E-state index contributed by atoms with van der Waals surface area (Å²) in [6, 6.07) is 15.4. The number of alkyl halides is 6. The van der Waals surface area contributed by atoms with Crippen molar-refractivity contribution in [2.24, 2.45) is 0 Å². The first kappa shape index (κ1) is 72.5. The second-order valence-corrected chi connectivity index (χ2v) is 24.1. The lowest BCUT2D eigenvalue weighted by atomic mass is 9.97. The number of hydrogen-bond acceptors (Lipinski definition) is 19. The highest BCUT2D eigenvalue weighted by Gasteiger charge is 2.44. The van der Waals surface area contributed by atoms with Crippen molar-refractivity contribution in [2.45, 2.75) is 116 Å². The molecule has 20 nitrogen and oxygen atoms in total. The van der Waals surface area contributed by atoms with Crippen LogP contribution in [0.25, 0.3) is 43.9 Å². The molecule has 8 aromatic rings. The van der Waals surface area contributed by atoms with Crippen molar-refractivity contribution in [1.82, 2.24) is 0 Å². The fraction of sp³-hybridized carbons (Fsp3) is 0.478. The van der Waals surface area contributed by atoms with E-state index in [0.717, 1.165) is 98.0 Å². The summed E-state index contributed by atoms with van der Waals surface area (Å²) in [4.78, 5) is 56.2. The number of carbonyl (C=O) groups is 4. The number of aromatic carboxylic acids is 1. The number of hydrogen-bond donors (Lipinski definition) is 1. The van der Waals surface area contributed by atoms with E-state index in [4.69, 9.17) is 46.1 Å². The molecule has 4 aliphatic rings. The summed E-state index contributed by atoms with van der Waals surface area (Å²) >= 11 is 2.24. The number of carboxylic acid groups (broad SMARTS) is 1. The zero-order valence-electron chi connectivity index (χ0n) is 54.5. The van der Waals surface area contributed by atoms with Gasteiger partial charge in [-0.25, -0.2) is 19.2 Å². The summed E-state index contributed by atoms with van der Waals surface area (Å²) in [7, 11) is 3.88. The summed E-state index contributed by atoms with van der Waals surface area (Å²) in [6.07, 6.45) is 2.56. The zero-order chi connectivity index (χ0) is 69.0. The van der Waals surface area contributed by atoms with E-state index in [0.29, 0.717) is 99.6 Å². The van der Waals surface area contributed by atoms with E-state index < -0.39 is 46.5 Å². The number of furan rings is 4. The molecule has 1 N–H and O–H groups in total. The van der Waals surface area contributed by atoms with Crippen LogP contribution in [0.15, 0.2) is 97.3 Å². The minimum Gasteiger partial charge on any atom is -0.478 e. The quantitative estimate of drug-likeness (QED) is 0.0411. The summed E-state index contributed by atoms with van der Waals surface area (Å²) < 4.78 is 142. The van der Waals surface area contributed by atoms with Crippen LogP contribution < -0.4 is 19.6 Å². The molecule has 0 amide bonds. The first-order chi connectivity index (χ1) is 46.1. The molecule has 27 heteroatoms. The van der Waals surface area contributed by atoms with Crippen LogP contribution >= 0.6 is 22.6 Å². The van der Waals surface area contributed by atoms with Crippen molar-refractivity contribution in [3.8, 4) is 0 Å². The third-order valence-electron chi connectivity index (χ3n) is 17.8. The zero-order valence-corrected chi connectivity index (χ0v) is 56.6. The molecule has 4 saturated heterocycles. The maximum absolute atomic E-state index is 14.0. The molecule has 4 fully saturated rings. The molecule has 4 aliphatic heterocycles. The maximum Gasteiger partial charge on any atom is 0.419 e. The standard InChI is InChI=1S/C18H20F3NO4.C17H18F3NO4.C17H20INO4.C17H21NO4/c1-3-22(11-4-7-25-8-5-11)13-10-14-12(6-9-26-14)15(17(23)24-2)16(13)18(19,20)21;1-2-21(10-3-6-24-7-4-10)12-9-13-11(5-8-25-13)14(16(22)23)15(12)17(18,19)20;1-3-19(11-4-7-22-8-5-11)13-10-14-12(6-9-23-14)15(16(13)18)17(20)21-2;1-3-18(12-4-7-21-8-5-12)13-10-15(17(19)20-2)14-6-9-22-16(14)11-13/h6,9-11H,3-5,7-8H2,1-2H3;5,8-10H,2-4,6-7H2,1H3,(H,22,23);6,9-11H,3-5,7-8H2,1-2H3;6,9-12H,3-5,7-8H2,1-2H3. The molecule has 4 aromatic heterocycles. The molecule has 520 valence electrons. The van der Waals surface area contributed by atoms with Gasteiger partial charge in [-0.3, -0.25) is 0 Å². The number of fused-ring (bicyclic) bond motifs is 4. The molecule has 8 heterocycles. The van der Waals surface area contributed by atoms with E-state index in [9.17, 15) is 50.6 Å². The summed E-state index contributed by atoms with van der Waals surface area (Å²) in [5, 5.41) is 11.1. The summed E-state index contributed by atoms with van der Waals surface area (Å²) in [5.74, 6) is -3.32. The number of rotatable bonds is 16. The van der Waals surface area contributed by atoms with E-state index in [-0.39, 0.29) is 57.3 Å². The SMILES string of the molecule is CCN(c1cc(C(=O)OC)c2ccoc2c1)C1CCOCC1.CCN(c1cc2occc2c(C(=O)O)c1C(F)(F)F)C1CCOCC1.CCN(c1cc2occc2c(C(=O)OC)c1C(F)(F)F)C1CCOCC1.CCN(c1cc2occc2c(C(=O)OC)c1I)C1CCOCC1. The Kier molecular flexibility index (Phi) is 24.6. The normalized spacial score (nSPS) is 16.0. The van der Waals surface area contributed by atoms with E-state index in [1.165, 1.54) is 51.0 Å². The van der Waals surface area contributed by atoms with Crippen molar-refractivity contribution >= 4 is 113 Å². The lowest BCUT2D eigenvalue weighted by Gasteiger charge is -2.37. The van der Waals surface area contributed by atoms with Crippen LogP contribution in [0.1, 0.15) is 132 Å². The predicted molar refractivity (Wildman–Crippen MR) is 356 cm³/mol. The first-order valence-corrected chi connectivity index (χ1v) is 33.0. The molecule has 12 rings (SSSR count). The van der Waals surface area contributed by atoms with Crippen molar-refractivity contribution in [2.75, 3.05) is 120 Å². The number of methoxy groups -OCH3 is 3.